The molecule has 0 aliphatic rings. The molecule has 0 aliphatic carbocycles. The fraction of sp³-hybridized carbons (Fsp3) is 0.0833. The molecule has 1 heterocycles. The number of rotatable bonds is 2. The van der Waals surface area contributed by atoms with Gasteiger partial charge in [0.1, 0.15) is 17.9 Å². The van der Waals surface area contributed by atoms with Gasteiger partial charge in [0, 0.05) is 6.07 Å². The molecule has 0 saturated carbocycles. The summed E-state index contributed by atoms with van der Waals surface area (Å²) >= 11 is 0. The SMILES string of the molecule is C#CCOc1cccc2oc(=O)ccc12. The van der Waals surface area contributed by atoms with Gasteiger partial charge in [0.25, 0.3) is 0 Å². The van der Waals surface area contributed by atoms with Gasteiger partial charge < -0.3 is 9.15 Å². The lowest BCUT2D eigenvalue weighted by molar-refractivity contribution is 0.374. The molecule has 2 rings (SSSR count). The number of ether oxygens (including phenoxy) is 1. The van der Waals surface area contributed by atoms with Gasteiger partial charge in [0.2, 0.25) is 0 Å². The topological polar surface area (TPSA) is 39.4 Å². The molecule has 1 aromatic carbocycles. The Morgan fingerprint density at radius 2 is 2.20 bits per heavy atom. The third kappa shape index (κ3) is 1.84. The minimum Gasteiger partial charge on any atom is -0.480 e. The second-order valence-corrected chi connectivity index (χ2v) is 2.92. The van der Waals surface area contributed by atoms with Crippen molar-refractivity contribution in [3.63, 3.8) is 0 Å². The van der Waals surface area contributed by atoms with Crippen LogP contribution in [0.3, 0.4) is 0 Å². The molecule has 0 atom stereocenters. The van der Waals surface area contributed by atoms with Crippen LogP contribution in [0.1, 0.15) is 0 Å². The Hall–Kier alpha value is -2.21. The van der Waals surface area contributed by atoms with Crippen molar-refractivity contribution < 1.29 is 9.15 Å². The highest BCUT2D eigenvalue weighted by Crippen LogP contribution is 2.23. The normalized spacial score (nSPS) is 9.80. The molecule has 2 aromatic rings. The molecule has 0 N–H and O–H groups in total. The summed E-state index contributed by atoms with van der Waals surface area (Å²) in [6.45, 7) is 0.193. The first-order valence-corrected chi connectivity index (χ1v) is 4.40. The lowest BCUT2D eigenvalue weighted by Crippen LogP contribution is -1.97. The van der Waals surface area contributed by atoms with E-state index < -0.39 is 0 Å². The summed E-state index contributed by atoms with van der Waals surface area (Å²) in [6.07, 6.45) is 5.10. The summed E-state index contributed by atoms with van der Waals surface area (Å²) in [6, 6.07) is 8.24. The zero-order valence-corrected chi connectivity index (χ0v) is 7.90. The second kappa shape index (κ2) is 3.89. The minimum absolute atomic E-state index is 0.193. The van der Waals surface area contributed by atoms with Crippen molar-refractivity contribution in [1.29, 1.82) is 0 Å². The molecule has 0 saturated heterocycles. The summed E-state index contributed by atoms with van der Waals surface area (Å²) in [7, 11) is 0. The van der Waals surface area contributed by atoms with E-state index in [-0.39, 0.29) is 12.2 Å². The highest BCUT2D eigenvalue weighted by molar-refractivity contribution is 5.83. The monoisotopic (exact) mass is 200 g/mol. The Bertz CT molecular complexity index is 575. The molecule has 0 unspecified atom stereocenters. The van der Waals surface area contributed by atoms with Crippen molar-refractivity contribution in [2.45, 2.75) is 0 Å². The van der Waals surface area contributed by atoms with Gasteiger partial charge in [0.15, 0.2) is 0 Å². The van der Waals surface area contributed by atoms with E-state index in [0.29, 0.717) is 11.3 Å². The maximum absolute atomic E-state index is 11.0. The standard InChI is InChI=1S/C12H8O3/c1-2-8-14-10-4-3-5-11-9(10)6-7-12(13)15-11/h1,3-7H,8H2. The lowest BCUT2D eigenvalue weighted by Gasteiger charge is -2.04. The van der Waals surface area contributed by atoms with Crippen LogP contribution < -0.4 is 10.4 Å². The molecule has 0 aliphatic heterocycles. The molecule has 0 amide bonds. The van der Waals surface area contributed by atoms with Crippen molar-refractivity contribution >= 4 is 11.0 Å². The van der Waals surface area contributed by atoms with Crippen molar-refractivity contribution in [2.24, 2.45) is 0 Å². The molecule has 0 spiro atoms. The van der Waals surface area contributed by atoms with Gasteiger partial charge in [-0.25, -0.2) is 4.79 Å². The summed E-state index contributed by atoms with van der Waals surface area (Å²) in [5.41, 5.74) is 0.119. The van der Waals surface area contributed by atoms with E-state index in [1.807, 2.05) is 0 Å². The number of hydrogen-bond acceptors (Lipinski definition) is 3. The molecule has 0 fully saturated rings. The van der Waals surface area contributed by atoms with E-state index in [1.54, 1.807) is 24.3 Å². The maximum atomic E-state index is 11.0. The van der Waals surface area contributed by atoms with E-state index >= 15 is 0 Å². The van der Waals surface area contributed by atoms with Crippen molar-refractivity contribution in [2.75, 3.05) is 6.61 Å². The Morgan fingerprint density at radius 1 is 1.33 bits per heavy atom. The fourth-order valence-electron chi connectivity index (χ4n) is 1.32. The van der Waals surface area contributed by atoms with Crippen LogP contribution in [0.4, 0.5) is 0 Å². The van der Waals surface area contributed by atoms with Crippen molar-refractivity contribution in [3.05, 3.63) is 40.8 Å². The average molecular weight is 200 g/mol. The van der Waals surface area contributed by atoms with Crippen LogP contribution in [0.5, 0.6) is 5.75 Å². The van der Waals surface area contributed by atoms with Gasteiger partial charge in [-0.15, -0.1) is 6.42 Å². The van der Waals surface area contributed by atoms with Gasteiger partial charge in [-0.05, 0) is 18.2 Å². The largest absolute Gasteiger partial charge is 0.480 e. The molecule has 15 heavy (non-hydrogen) atoms. The molecular formula is C12H8O3. The zero-order valence-electron chi connectivity index (χ0n) is 7.90. The highest BCUT2D eigenvalue weighted by Gasteiger charge is 2.02. The number of hydrogen-bond donors (Lipinski definition) is 0. The predicted octanol–water partition coefficient (Wildman–Crippen LogP) is 1.80. The van der Waals surface area contributed by atoms with Gasteiger partial charge in [-0.2, -0.15) is 0 Å². The Balaban J connectivity index is 2.57. The Morgan fingerprint density at radius 3 is 3.00 bits per heavy atom. The summed E-state index contributed by atoms with van der Waals surface area (Å²) < 4.78 is 10.3. The molecule has 1 aromatic heterocycles. The van der Waals surface area contributed by atoms with Crippen LogP contribution in [-0.4, -0.2) is 6.61 Å². The van der Waals surface area contributed by atoms with Crippen LogP contribution >= 0.6 is 0 Å². The van der Waals surface area contributed by atoms with E-state index in [2.05, 4.69) is 5.92 Å². The first-order valence-electron chi connectivity index (χ1n) is 4.40. The Labute approximate surface area is 86.3 Å². The summed E-state index contributed by atoms with van der Waals surface area (Å²) in [5, 5.41) is 0.743. The van der Waals surface area contributed by atoms with E-state index in [1.165, 1.54) is 6.07 Å². The molecule has 3 heteroatoms. The zero-order chi connectivity index (χ0) is 10.7. The van der Waals surface area contributed by atoms with E-state index in [9.17, 15) is 4.79 Å². The van der Waals surface area contributed by atoms with Crippen LogP contribution in [0.2, 0.25) is 0 Å². The van der Waals surface area contributed by atoms with E-state index in [0.717, 1.165) is 5.39 Å². The first kappa shape index (κ1) is 9.35. The number of terminal acetylenes is 1. The summed E-state index contributed by atoms with van der Waals surface area (Å²) in [4.78, 5) is 11.0. The van der Waals surface area contributed by atoms with Gasteiger partial charge >= 0.3 is 5.63 Å². The van der Waals surface area contributed by atoms with Crippen LogP contribution in [0.25, 0.3) is 11.0 Å². The van der Waals surface area contributed by atoms with Crippen molar-refractivity contribution in [3.8, 4) is 18.1 Å². The molecular weight excluding hydrogens is 192 g/mol. The lowest BCUT2D eigenvalue weighted by atomic mass is 10.2. The second-order valence-electron chi connectivity index (χ2n) is 2.92. The fourth-order valence-corrected chi connectivity index (χ4v) is 1.32. The Kier molecular flexibility index (Phi) is 2.42. The van der Waals surface area contributed by atoms with Gasteiger partial charge in [0.05, 0.1) is 5.39 Å². The van der Waals surface area contributed by atoms with Gasteiger partial charge in [-0.3, -0.25) is 0 Å². The third-order valence-electron chi connectivity index (χ3n) is 1.93. The average Bonchev–Trinajstić information content (AvgIpc) is 2.25. The molecule has 74 valence electrons. The molecule has 3 nitrogen and oxygen atoms in total. The number of benzene rings is 1. The quantitative estimate of drug-likeness (QED) is 0.548. The number of fused-ring (bicyclic) bond motifs is 1. The first-order chi connectivity index (χ1) is 7.31. The smallest absolute Gasteiger partial charge is 0.336 e. The van der Waals surface area contributed by atoms with E-state index in [4.69, 9.17) is 15.6 Å². The van der Waals surface area contributed by atoms with Crippen LogP contribution in [-0.2, 0) is 0 Å². The predicted molar refractivity (Wildman–Crippen MR) is 56.8 cm³/mol. The highest BCUT2D eigenvalue weighted by atomic mass is 16.5. The molecule has 0 bridgehead atoms. The summed E-state index contributed by atoms with van der Waals surface area (Å²) in [5.74, 6) is 3.00. The van der Waals surface area contributed by atoms with Crippen LogP contribution in [0, 0.1) is 12.3 Å². The minimum atomic E-state index is -0.378. The van der Waals surface area contributed by atoms with Crippen LogP contribution in [0.15, 0.2) is 39.5 Å². The van der Waals surface area contributed by atoms with Crippen molar-refractivity contribution in [1.82, 2.24) is 0 Å². The maximum Gasteiger partial charge on any atom is 0.336 e. The van der Waals surface area contributed by atoms with Gasteiger partial charge in [-0.1, -0.05) is 12.0 Å². The molecule has 0 radical (unpaired) electrons. The third-order valence-corrected chi connectivity index (χ3v) is 1.93.